The summed E-state index contributed by atoms with van der Waals surface area (Å²) < 4.78 is 5.81. The molecule has 0 aromatic heterocycles. The van der Waals surface area contributed by atoms with Crippen LogP contribution < -0.4 is 14.5 Å². The smallest absolute Gasteiger partial charge is 0.137 e. The van der Waals surface area contributed by atoms with Crippen molar-refractivity contribution in [1.82, 2.24) is 0 Å². The van der Waals surface area contributed by atoms with Gasteiger partial charge in [-0.1, -0.05) is 35.9 Å². The van der Waals surface area contributed by atoms with E-state index in [0.29, 0.717) is 0 Å². The molecule has 2 aromatic carbocycles. The van der Waals surface area contributed by atoms with Gasteiger partial charge in [-0.05, 0) is 31.2 Å². The molecule has 0 spiro atoms. The molecule has 0 bridgehead atoms. The van der Waals surface area contributed by atoms with Gasteiger partial charge in [0.1, 0.15) is 50.8 Å². The molecule has 0 unspecified atom stereocenters. The van der Waals surface area contributed by atoms with E-state index in [0.717, 1.165) is 23.9 Å². The summed E-state index contributed by atoms with van der Waals surface area (Å²) in [5, 5.41) is 0.727. The van der Waals surface area contributed by atoms with Crippen LogP contribution in [0.3, 0.4) is 0 Å². The Morgan fingerprint density at radius 2 is 1.78 bits per heavy atom. The molecule has 3 rings (SSSR count). The Morgan fingerprint density at radius 3 is 2.52 bits per heavy atom. The predicted octanol–water partition coefficient (Wildman–Crippen LogP) is 1.14. The molecule has 1 aliphatic rings. The Hall–Kier alpha value is -1.55. The topological polar surface area (TPSA) is 18.1 Å². The van der Waals surface area contributed by atoms with Gasteiger partial charge in [-0.25, -0.2) is 0 Å². The molecule has 4 heteroatoms. The molecule has 1 fully saturated rings. The van der Waals surface area contributed by atoms with Gasteiger partial charge in [0.25, 0.3) is 0 Å². The number of hydrogen-bond donors (Lipinski definition) is 2. The second-order valence-corrected chi connectivity index (χ2v) is 6.66. The Labute approximate surface area is 143 Å². The van der Waals surface area contributed by atoms with Crippen LogP contribution in [0.1, 0.15) is 5.56 Å². The lowest BCUT2D eigenvalue weighted by atomic mass is 10.1. The molecular weight excluding hydrogens is 308 g/mol. The van der Waals surface area contributed by atoms with Gasteiger partial charge in [0.2, 0.25) is 0 Å². The van der Waals surface area contributed by atoms with Gasteiger partial charge >= 0.3 is 0 Å². The summed E-state index contributed by atoms with van der Waals surface area (Å²) >= 11 is 5.97. The summed E-state index contributed by atoms with van der Waals surface area (Å²) in [7, 11) is 0. The van der Waals surface area contributed by atoms with Crippen molar-refractivity contribution in [3.8, 4) is 5.75 Å². The number of hydrogen-bond acceptors (Lipinski definition) is 1. The largest absolute Gasteiger partial charge is 0.488 e. The van der Waals surface area contributed by atoms with Crippen molar-refractivity contribution >= 4 is 17.3 Å². The maximum atomic E-state index is 5.97. The SMILES string of the molecule is Cc1ccccc1[NH+]1CC[NH+](CCOc2cccc(Cl)c2)CC1. The van der Waals surface area contributed by atoms with E-state index in [1.165, 1.54) is 37.4 Å². The van der Waals surface area contributed by atoms with E-state index in [1.807, 2.05) is 24.3 Å². The van der Waals surface area contributed by atoms with E-state index in [1.54, 1.807) is 9.80 Å². The first kappa shape index (κ1) is 16.3. The van der Waals surface area contributed by atoms with Crippen LogP contribution in [0.4, 0.5) is 5.69 Å². The number of quaternary nitrogens is 2. The predicted molar refractivity (Wildman–Crippen MR) is 94.0 cm³/mol. The third-order valence-electron chi connectivity index (χ3n) is 4.61. The number of aryl methyl sites for hydroxylation is 1. The Bertz CT molecular complexity index is 639. The number of para-hydroxylation sites is 1. The third kappa shape index (κ3) is 4.47. The fraction of sp³-hybridized carbons (Fsp3) is 0.368. The molecule has 1 heterocycles. The fourth-order valence-corrected chi connectivity index (χ4v) is 3.44. The lowest BCUT2D eigenvalue weighted by Crippen LogP contribution is -3.26. The van der Waals surface area contributed by atoms with Gasteiger partial charge in [-0.2, -0.15) is 0 Å². The molecule has 0 atom stereocenters. The van der Waals surface area contributed by atoms with Gasteiger partial charge in [0.05, 0.1) is 0 Å². The van der Waals surface area contributed by atoms with Crippen molar-refractivity contribution in [1.29, 1.82) is 0 Å². The highest BCUT2D eigenvalue weighted by atomic mass is 35.5. The highest BCUT2D eigenvalue weighted by Gasteiger charge is 2.25. The standard InChI is InChI=1S/C19H23ClN2O/c1-16-5-2-3-8-19(16)22-11-9-21(10-12-22)13-14-23-18-7-4-6-17(20)15-18/h2-8,15H,9-14H2,1H3/p+2. The van der Waals surface area contributed by atoms with E-state index in [-0.39, 0.29) is 0 Å². The van der Waals surface area contributed by atoms with Gasteiger partial charge in [0, 0.05) is 10.6 Å². The zero-order chi connectivity index (χ0) is 16.1. The Balaban J connectivity index is 1.44. The molecule has 0 amide bonds. The molecular formula is C19H25ClN2O+2. The second-order valence-electron chi connectivity index (χ2n) is 6.22. The molecule has 1 aliphatic heterocycles. The number of ether oxygens (including phenoxy) is 1. The average molecular weight is 333 g/mol. The zero-order valence-corrected chi connectivity index (χ0v) is 14.4. The van der Waals surface area contributed by atoms with E-state index < -0.39 is 0 Å². The number of piperazine rings is 1. The quantitative estimate of drug-likeness (QED) is 0.840. The van der Waals surface area contributed by atoms with Crippen LogP contribution in [-0.4, -0.2) is 39.3 Å². The van der Waals surface area contributed by atoms with Crippen LogP contribution in [0, 0.1) is 6.92 Å². The van der Waals surface area contributed by atoms with Crippen LogP contribution in [0.25, 0.3) is 0 Å². The summed E-state index contributed by atoms with van der Waals surface area (Å²) in [6.07, 6.45) is 0. The van der Waals surface area contributed by atoms with Crippen LogP contribution in [0.15, 0.2) is 48.5 Å². The van der Waals surface area contributed by atoms with Crippen molar-refractivity contribution in [3.63, 3.8) is 0 Å². The maximum Gasteiger partial charge on any atom is 0.137 e. The van der Waals surface area contributed by atoms with Gasteiger partial charge in [-0.15, -0.1) is 0 Å². The van der Waals surface area contributed by atoms with E-state index >= 15 is 0 Å². The van der Waals surface area contributed by atoms with Crippen molar-refractivity contribution in [2.45, 2.75) is 6.92 Å². The molecule has 23 heavy (non-hydrogen) atoms. The van der Waals surface area contributed by atoms with Crippen molar-refractivity contribution in [2.75, 3.05) is 39.3 Å². The fourth-order valence-electron chi connectivity index (χ4n) is 3.26. The summed E-state index contributed by atoms with van der Waals surface area (Å²) in [5.41, 5.74) is 2.86. The Morgan fingerprint density at radius 1 is 1.00 bits per heavy atom. The normalized spacial score (nSPS) is 21.1. The van der Waals surface area contributed by atoms with Crippen molar-refractivity contribution in [3.05, 3.63) is 59.1 Å². The zero-order valence-electron chi connectivity index (χ0n) is 13.6. The number of benzene rings is 2. The third-order valence-corrected chi connectivity index (χ3v) is 4.84. The van der Waals surface area contributed by atoms with Gasteiger partial charge < -0.3 is 9.64 Å². The lowest BCUT2D eigenvalue weighted by molar-refractivity contribution is -0.986. The molecule has 0 radical (unpaired) electrons. The minimum absolute atomic E-state index is 0.727. The van der Waals surface area contributed by atoms with Crippen molar-refractivity contribution in [2.24, 2.45) is 0 Å². The van der Waals surface area contributed by atoms with Gasteiger partial charge in [0.15, 0.2) is 0 Å². The number of halogens is 1. The summed E-state index contributed by atoms with van der Waals surface area (Å²) in [6, 6.07) is 16.4. The molecule has 1 saturated heterocycles. The van der Waals surface area contributed by atoms with E-state index in [9.17, 15) is 0 Å². The first-order chi connectivity index (χ1) is 11.2. The molecule has 2 N–H and O–H groups in total. The van der Waals surface area contributed by atoms with Crippen LogP contribution in [-0.2, 0) is 0 Å². The molecule has 0 aliphatic carbocycles. The summed E-state index contributed by atoms with van der Waals surface area (Å²) in [5.74, 6) is 0.862. The minimum atomic E-state index is 0.727. The molecule has 122 valence electrons. The lowest BCUT2D eigenvalue weighted by Gasteiger charge is -2.30. The van der Waals surface area contributed by atoms with Crippen LogP contribution in [0.5, 0.6) is 5.75 Å². The van der Waals surface area contributed by atoms with Crippen molar-refractivity contribution < 1.29 is 14.5 Å². The first-order valence-electron chi connectivity index (χ1n) is 8.35. The highest BCUT2D eigenvalue weighted by Crippen LogP contribution is 2.16. The minimum Gasteiger partial charge on any atom is -0.488 e. The Kier molecular flexibility index (Phi) is 5.55. The van der Waals surface area contributed by atoms with E-state index in [4.69, 9.17) is 16.3 Å². The summed E-state index contributed by atoms with van der Waals surface area (Å²) in [6.45, 7) is 8.78. The average Bonchev–Trinajstić information content (AvgIpc) is 2.56. The summed E-state index contributed by atoms with van der Waals surface area (Å²) in [4.78, 5) is 3.24. The van der Waals surface area contributed by atoms with Crippen LogP contribution >= 0.6 is 11.6 Å². The second kappa shape index (κ2) is 7.82. The number of nitrogens with one attached hydrogen (secondary N) is 2. The first-order valence-corrected chi connectivity index (χ1v) is 8.73. The van der Waals surface area contributed by atoms with Crippen LogP contribution in [0.2, 0.25) is 5.02 Å². The monoisotopic (exact) mass is 332 g/mol. The highest BCUT2D eigenvalue weighted by molar-refractivity contribution is 6.30. The molecule has 2 aromatic rings. The molecule has 0 saturated carbocycles. The van der Waals surface area contributed by atoms with E-state index in [2.05, 4.69) is 31.2 Å². The molecule has 3 nitrogen and oxygen atoms in total. The number of rotatable bonds is 5. The maximum absolute atomic E-state index is 5.97. The van der Waals surface area contributed by atoms with Gasteiger partial charge in [-0.3, -0.25) is 4.90 Å².